The van der Waals surface area contributed by atoms with Crippen molar-refractivity contribution in [1.29, 1.82) is 0 Å². The zero-order valence-electron chi connectivity index (χ0n) is 13.2. The lowest BCUT2D eigenvalue weighted by molar-refractivity contribution is 0.411. The van der Waals surface area contributed by atoms with Crippen LogP contribution in [0.15, 0.2) is 47.4 Å². The summed E-state index contributed by atoms with van der Waals surface area (Å²) in [4.78, 5) is 0.250. The third-order valence-electron chi connectivity index (χ3n) is 4.10. The molecule has 0 amide bonds. The molecular formula is C17H20N2O3S. The van der Waals surface area contributed by atoms with Crippen LogP contribution >= 0.6 is 0 Å². The average Bonchev–Trinajstić information content (AvgIpc) is 2.53. The SMILES string of the molecule is COc1ccc(S(=O)(=O)N2CC(N)Cc3ccccc32)cc1C. The molecule has 3 rings (SSSR count). The summed E-state index contributed by atoms with van der Waals surface area (Å²) in [5.41, 5.74) is 8.51. The molecular weight excluding hydrogens is 312 g/mol. The Balaban J connectivity index is 2.08. The molecule has 1 aliphatic rings. The van der Waals surface area contributed by atoms with Crippen molar-refractivity contribution in [3.05, 3.63) is 53.6 Å². The van der Waals surface area contributed by atoms with Gasteiger partial charge in [-0.2, -0.15) is 0 Å². The van der Waals surface area contributed by atoms with E-state index in [1.54, 1.807) is 25.3 Å². The maximum Gasteiger partial charge on any atom is 0.264 e. The normalized spacial score (nSPS) is 17.7. The van der Waals surface area contributed by atoms with Gasteiger partial charge in [-0.3, -0.25) is 4.31 Å². The lowest BCUT2D eigenvalue weighted by atomic mass is 10.0. The van der Waals surface area contributed by atoms with Crippen molar-refractivity contribution >= 4 is 15.7 Å². The Hall–Kier alpha value is -2.05. The molecule has 0 aromatic heterocycles. The lowest BCUT2D eigenvalue weighted by Crippen LogP contribution is -2.46. The number of benzene rings is 2. The Kier molecular flexibility index (Phi) is 4.04. The van der Waals surface area contributed by atoms with Crippen molar-refractivity contribution in [3.63, 3.8) is 0 Å². The van der Waals surface area contributed by atoms with Crippen LogP contribution in [0.4, 0.5) is 5.69 Å². The summed E-state index contributed by atoms with van der Waals surface area (Å²) in [5.74, 6) is 0.666. The number of ether oxygens (including phenoxy) is 1. The molecule has 1 heterocycles. The van der Waals surface area contributed by atoms with E-state index in [0.29, 0.717) is 17.9 Å². The Bertz CT molecular complexity index is 833. The maximum atomic E-state index is 13.1. The highest BCUT2D eigenvalue weighted by molar-refractivity contribution is 7.92. The highest BCUT2D eigenvalue weighted by Crippen LogP contribution is 2.32. The van der Waals surface area contributed by atoms with Gasteiger partial charge in [-0.25, -0.2) is 8.42 Å². The maximum absolute atomic E-state index is 13.1. The van der Waals surface area contributed by atoms with E-state index in [2.05, 4.69) is 0 Å². The van der Waals surface area contributed by atoms with E-state index in [9.17, 15) is 8.42 Å². The van der Waals surface area contributed by atoms with E-state index >= 15 is 0 Å². The van der Waals surface area contributed by atoms with Gasteiger partial charge in [-0.05, 0) is 48.7 Å². The summed E-state index contributed by atoms with van der Waals surface area (Å²) in [6.45, 7) is 2.11. The fourth-order valence-corrected chi connectivity index (χ4v) is 4.60. The van der Waals surface area contributed by atoms with E-state index in [-0.39, 0.29) is 17.5 Å². The first kappa shape index (κ1) is 15.8. The molecule has 5 nitrogen and oxygen atoms in total. The molecule has 122 valence electrons. The van der Waals surface area contributed by atoms with Gasteiger partial charge in [-0.15, -0.1) is 0 Å². The fraction of sp³-hybridized carbons (Fsp3) is 0.294. The van der Waals surface area contributed by atoms with Gasteiger partial charge in [0.05, 0.1) is 17.7 Å². The number of anilines is 1. The smallest absolute Gasteiger partial charge is 0.264 e. The van der Waals surface area contributed by atoms with Gasteiger partial charge in [0, 0.05) is 12.6 Å². The summed E-state index contributed by atoms with van der Waals surface area (Å²) >= 11 is 0. The summed E-state index contributed by atoms with van der Waals surface area (Å²) in [6, 6.07) is 12.2. The molecule has 1 atom stereocenters. The van der Waals surface area contributed by atoms with Crippen molar-refractivity contribution in [2.75, 3.05) is 18.0 Å². The highest BCUT2D eigenvalue weighted by Gasteiger charge is 2.32. The highest BCUT2D eigenvalue weighted by atomic mass is 32.2. The minimum Gasteiger partial charge on any atom is -0.496 e. The molecule has 0 radical (unpaired) electrons. The number of sulfonamides is 1. The number of rotatable bonds is 3. The Labute approximate surface area is 136 Å². The Morgan fingerprint density at radius 2 is 1.96 bits per heavy atom. The van der Waals surface area contributed by atoms with Crippen molar-refractivity contribution in [2.24, 2.45) is 5.73 Å². The predicted octanol–water partition coefficient (Wildman–Crippen LogP) is 2.08. The molecule has 0 aliphatic carbocycles. The quantitative estimate of drug-likeness (QED) is 0.934. The monoisotopic (exact) mass is 332 g/mol. The molecule has 0 bridgehead atoms. The van der Waals surface area contributed by atoms with Crippen LogP contribution in [0.25, 0.3) is 0 Å². The lowest BCUT2D eigenvalue weighted by Gasteiger charge is -2.33. The predicted molar refractivity (Wildman–Crippen MR) is 90.4 cm³/mol. The first-order valence-electron chi connectivity index (χ1n) is 7.44. The number of nitrogens with zero attached hydrogens (tertiary/aromatic N) is 1. The first-order chi connectivity index (χ1) is 10.9. The van der Waals surface area contributed by atoms with Crippen LogP contribution in [-0.2, 0) is 16.4 Å². The van der Waals surface area contributed by atoms with Gasteiger partial charge < -0.3 is 10.5 Å². The van der Waals surface area contributed by atoms with Crippen molar-refractivity contribution in [3.8, 4) is 5.75 Å². The molecule has 0 saturated heterocycles. The molecule has 0 fully saturated rings. The van der Waals surface area contributed by atoms with Crippen molar-refractivity contribution < 1.29 is 13.2 Å². The van der Waals surface area contributed by atoms with Crippen molar-refractivity contribution in [2.45, 2.75) is 24.3 Å². The minimum absolute atomic E-state index is 0.209. The summed E-state index contributed by atoms with van der Waals surface area (Å²) in [7, 11) is -2.09. The molecule has 1 unspecified atom stereocenters. The molecule has 6 heteroatoms. The van der Waals surface area contributed by atoms with Gasteiger partial charge in [0.2, 0.25) is 0 Å². The third kappa shape index (κ3) is 2.80. The second-order valence-corrected chi connectivity index (χ2v) is 7.62. The van der Waals surface area contributed by atoms with Crippen LogP contribution in [0.3, 0.4) is 0 Å². The number of hydrogen-bond acceptors (Lipinski definition) is 4. The molecule has 0 spiro atoms. The topological polar surface area (TPSA) is 72.6 Å². The molecule has 2 aromatic carbocycles. The summed E-state index contributed by atoms with van der Waals surface area (Å²) in [6.07, 6.45) is 0.684. The van der Waals surface area contributed by atoms with Gasteiger partial charge in [-0.1, -0.05) is 18.2 Å². The Morgan fingerprint density at radius 3 is 2.65 bits per heavy atom. The number of aryl methyl sites for hydroxylation is 1. The van der Waals surface area contributed by atoms with Crippen LogP contribution in [0.1, 0.15) is 11.1 Å². The van der Waals surface area contributed by atoms with Crippen molar-refractivity contribution in [1.82, 2.24) is 0 Å². The Morgan fingerprint density at radius 1 is 1.22 bits per heavy atom. The third-order valence-corrected chi connectivity index (χ3v) is 5.87. The number of nitrogens with two attached hydrogens (primary N) is 1. The van der Waals surface area contributed by atoms with E-state index in [4.69, 9.17) is 10.5 Å². The zero-order chi connectivity index (χ0) is 16.6. The van der Waals surface area contributed by atoms with Crippen LogP contribution in [-0.4, -0.2) is 28.1 Å². The average molecular weight is 332 g/mol. The van der Waals surface area contributed by atoms with Gasteiger partial charge in [0.25, 0.3) is 10.0 Å². The van der Waals surface area contributed by atoms with E-state index in [1.165, 1.54) is 4.31 Å². The zero-order valence-corrected chi connectivity index (χ0v) is 14.0. The van der Waals surface area contributed by atoms with Gasteiger partial charge in [0.15, 0.2) is 0 Å². The number of para-hydroxylation sites is 1. The second kappa shape index (κ2) is 5.86. The van der Waals surface area contributed by atoms with Crippen LogP contribution < -0.4 is 14.8 Å². The van der Waals surface area contributed by atoms with Gasteiger partial charge >= 0.3 is 0 Å². The number of methoxy groups -OCH3 is 1. The molecule has 1 aliphatic heterocycles. The van der Waals surface area contributed by atoms with E-state index in [0.717, 1.165) is 11.1 Å². The summed E-state index contributed by atoms with van der Waals surface area (Å²) < 4.78 is 32.8. The molecule has 0 saturated carbocycles. The molecule has 23 heavy (non-hydrogen) atoms. The largest absolute Gasteiger partial charge is 0.496 e. The number of hydrogen-bond donors (Lipinski definition) is 1. The van der Waals surface area contributed by atoms with E-state index in [1.807, 2.05) is 31.2 Å². The van der Waals surface area contributed by atoms with Crippen LogP contribution in [0, 0.1) is 6.92 Å². The van der Waals surface area contributed by atoms with E-state index < -0.39 is 10.0 Å². The summed E-state index contributed by atoms with van der Waals surface area (Å²) in [5, 5.41) is 0. The van der Waals surface area contributed by atoms with Gasteiger partial charge in [0.1, 0.15) is 5.75 Å². The molecule has 2 aromatic rings. The first-order valence-corrected chi connectivity index (χ1v) is 8.88. The second-order valence-electron chi connectivity index (χ2n) is 5.76. The minimum atomic E-state index is -3.66. The number of fused-ring (bicyclic) bond motifs is 1. The fourth-order valence-electron chi connectivity index (χ4n) is 2.95. The van der Waals surface area contributed by atoms with Crippen LogP contribution in [0.5, 0.6) is 5.75 Å². The standard InChI is InChI=1S/C17H20N2O3S/c1-12-9-15(7-8-17(12)22-2)23(20,21)19-11-14(18)10-13-5-3-4-6-16(13)19/h3-9,14H,10-11,18H2,1-2H3. The molecule has 2 N–H and O–H groups in total. The van der Waals surface area contributed by atoms with Crippen LogP contribution in [0.2, 0.25) is 0 Å².